The molecular formula is C13H18O. The first-order valence-corrected chi connectivity index (χ1v) is 6.12. The van der Waals surface area contributed by atoms with Gasteiger partial charge in [0.1, 0.15) is 0 Å². The molecule has 1 nitrogen and oxygen atoms in total. The topological polar surface area (TPSA) is 17.1 Å². The highest BCUT2D eigenvalue weighted by atomic mass is 16.1. The van der Waals surface area contributed by atoms with Crippen LogP contribution in [0.25, 0.3) is 0 Å². The van der Waals surface area contributed by atoms with E-state index < -0.39 is 0 Å². The van der Waals surface area contributed by atoms with Gasteiger partial charge in [-0.1, -0.05) is 18.9 Å². The minimum atomic E-state index is 0.429. The van der Waals surface area contributed by atoms with Crippen molar-refractivity contribution in [2.75, 3.05) is 0 Å². The Morgan fingerprint density at radius 3 is 2.71 bits per heavy atom. The second-order valence-electron chi connectivity index (χ2n) is 5.12. The summed E-state index contributed by atoms with van der Waals surface area (Å²) in [6.07, 6.45) is 11.1. The second-order valence-corrected chi connectivity index (χ2v) is 5.12. The molecule has 2 saturated carbocycles. The van der Waals surface area contributed by atoms with E-state index in [1.807, 2.05) is 0 Å². The lowest BCUT2D eigenvalue weighted by Gasteiger charge is -2.28. The second kappa shape index (κ2) is 3.22. The highest BCUT2D eigenvalue weighted by Crippen LogP contribution is 2.49. The number of hydrogen-bond donors (Lipinski definition) is 0. The first-order chi connectivity index (χ1) is 6.88. The van der Waals surface area contributed by atoms with Crippen molar-refractivity contribution in [1.29, 1.82) is 0 Å². The summed E-state index contributed by atoms with van der Waals surface area (Å²) in [5.74, 6) is 2.36. The highest BCUT2D eigenvalue weighted by Gasteiger charge is 2.46. The average Bonchev–Trinajstić information content (AvgIpc) is 2.55. The Morgan fingerprint density at radius 2 is 1.79 bits per heavy atom. The lowest BCUT2D eigenvalue weighted by Crippen LogP contribution is -2.21. The van der Waals surface area contributed by atoms with Crippen molar-refractivity contribution >= 4 is 5.78 Å². The Hall–Kier alpha value is -0.590. The van der Waals surface area contributed by atoms with Gasteiger partial charge in [0, 0.05) is 5.92 Å². The van der Waals surface area contributed by atoms with Crippen molar-refractivity contribution in [1.82, 2.24) is 0 Å². The molecule has 0 saturated heterocycles. The molecule has 0 aliphatic heterocycles. The number of rotatable bonds is 0. The quantitative estimate of drug-likeness (QED) is 0.573. The maximum absolute atomic E-state index is 12.1. The fourth-order valence-electron chi connectivity index (χ4n) is 3.81. The van der Waals surface area contributed by atoms with E-state index in [2.05, 4.69) is 6.08 Å². The van der Waals surface area contributed by atoms with Crippen LogP contribution >= 0.6 is 0 Å². The molecule has 0 radical (unpaired) electrons. The molecule has 0 heterocycles. The molecule has 3 atom stereocenters. The Kier molecular flexibility index (Phi) is 2.00. The van der Waals surface area contributed by atoms with E-state index in [9.17, 15) is 4.79 Å². The van der Waals surface area contributed by atoms with Gasteiger partial charge in [-0.3, -0.25) is 4.79 Å². The van der Waals surface area contributed by atoms with E-state index in [4.69, 9.17) is 0 Å². The van der Waals surface area contributed by atoms with Gasteiger partial charge in [0.2, 0.25) is 0 Å². The molecule has 0 N–H and O–H groups in total. The third-order valence-electron chi connectivity index (χ3n) is 4.44. The molecule has 2 fully saturated rings. The third kappa shape index (κ3) is 1.11. The summed E-state index contributed by atoms with van der Waals surface area (Å²) in [6.45, 7) is 0. The van der Waals surface area contributed by atoms with Gasteiger partial charge >= 0.3 is 0 Å². The maximum atomic E-state index is 12.1. The fraction of sp³-hybridized carbons (Fsp3) is 0.769. The number of hydrogen-bond acceptors (Lipinski definition) is 1. The average molecular weight is 190 g/mol. The van der Waals surface area contributed by atoms with Crippen LogP contribution in [-0.4, -0.2) is 5.78 Å². The molecule has 0 aromatic carbocycles. The summed E-state index contributed by atoms with van der Waals surface area (Å²) in [5.41, 5.74) is 1.23. The Morgan fingerprint density at radius 1 is 1.00 bits per heavy atom. The van der Waals surface area contributed by atoms with E-state index >= 15 is 0 Å². The monoisotopic (exact) mass is 190 g/mol. The maximum Gasteiger partial charge on any atom is 0.162 e. The van der Waals surface area contributed by atoms with Crippen LogP contribution in [0, 0.1) is 17.8 Å². The van der Waals surface area contributed by atoms with E-state index in [-0.39, 0.29) is 0 Å². The number of ketones is 1. The summed E-state index contributed by atoms with van der Waals surface area (Å²) in [4.78, 5) is 12.1. The SMILES string of the molecule is O=C1C2=CCCC[C@@H]2[C@H]2CCCC[C@H]12. The lowest BCUT2D eigenvalue weighted by molar-refractivity contribution is -0.119. The molecule has 1 heteroatoms. The van der Waals surface area contributed by atoms with E-state index in [1.165, 1.54) is 44.1 Å². The first-order valence-electron chi connectivity index (χ1n) is 6.12. The van der Waals surface area contributed by atoms with Crippen LogP contribution in [0.4, 0.5) is 0 Å². The van der Waals surface area contributed by atoms with Crippen molar-refractivity contribution in [2.45, 2.75) is 44.9 Å². The van der Waals surface area contributed by atoms with Crippen molar-refractivity contribution < 1.29 is 4.79 Å². The highest BCUT2D eigenvalue weighted by molar-refractivity contribution is 6.00. The van der Waals surface area contributed by atoms with E-state index in [0.29, 0.717) is 17.6 Å². The molecule has 0 bridgehead atoms. The molecular weight excluding hydrogens is 172 g/mol. The Labute approximate surface area is 85.6 Å². The van der Waals surface area contributed by atoms with Crippen molar-refractivity contribution in [3.63, 3.8) is 0 Å². The largest absolute Gasteiger partial charge is 0.294 e. The molecule has 76 valence electrons. The van der Waals surface area contributed by atoms with Crippen LogP contribution in [0.2, 0.25) is 0 Å². The van der Waals surface area contributed by atoms with Crippen LogP contribution < -0.4 is 0 Å². The molecule has 14 heavy (non-hydrogen) atoms. The van der Waals surface area contributed by atoms with Gasteiger partial charge in [-0.2, -0.15) is 0 Å². The third-order valence-corrected chi connectivity index (χ3v) is 4.44. The minimum absolute atomic E-state index is 0.429. The Balaban J connectivity index is 1.95. The fourth-order valence-corrected chi connectivity index (χ4v) is 3.81. The molecule has 0 aromatic rings. The van der Waals surface area contributed by atoms with Crippen LogP contribution in [-0.2, 0) is 4.79 Å². The van der Waals surface area contributed by atoms with Crippen LogP contribution in [0.3, 0.4) is 0 Å². The van der Waals surface area contributed by atoms with Crippen LogP contribution in [0.15, 0.2) is 11.6 Å². The summed E-state index contributed by atoms with van der Waals surface area (Å²) < 4.78 is 0. The molecule has 3 rings (SSSR count). The number of allylic oxidation sites excluding steroid dienone is 2. The summed E-state index contributed by atoms with van der Waals surface area (Å²) in [5, 5.41) is 0. The predicted octanol–water partition coefficient (Wildman–Crippen LogP) is 3.10. The van der Waals surface area contributed by atoms with Crippen LogP contribution in [0.1, 0.15) is 44.9 Å². The normalized spacial score (nSPS) is 41.6. The zero-order valence-corrected chi connectivity index (χ0v) is 8.67. The minimum Gasteiger partial charge on any atom is -0.294 e. The predicted molar refractivity (Wildman–Crippen MR) is 55.9 cm³/mol. The smallest absolute Gasteiger partial charge is 0.162 e. The van der Waals surface area contributed by atoms with Gasteiger partial charge in [0.25, 0.3) is 0 Å². The Bertz CT molecular complexity index is 290. The zero-order chi connectivity index (χ0) is 9.54. The van der Waals surface area contributed by atoms with Gasteiger partial charge in [-0.15, -0.1) is 0 Å². The van der Waals surface area contributed by atoms with E-state index in [1.54, 1.807) is 0 Å². The molecule has 3 aliphatic rings. The molecule has 3 aliphatic carbocycles. The van der Waals surface area contributed by atoms with Gasteiger partial charge in [-0.25, -0.2) is 0 Å². The molecule has 0 aromatic heterocycles. The number of Topliss-reactive ketones (excluding diaryl/α,β-unsaturated/α-hetero) is 1. The van der Waals surface area contributed by atoms with Crippen molar-refractivity contribution in [2.24, 2.45) is 17.8 Å². The summed E-state index contributed by atoms with van der Waals surface area (Å²) in [6, 6.07) is 0. The summed E-state index contributed by atoms with van der Waals surface area (Å²) in [7, 11) is 0. The van der Waals surface area contributed by atoms with Gasteiger partial charge in [0.15, 0.2) is 5.78 Å². The molecule has 0 unspecified atom stereocenters. The first kappa shape index (κ1) is 8.70. The van der Waals surface area contributed by atoms with Gasteiger partial charge in [-0.05, 0) is 49.5 Å². The number of fused-ring (bicyclic) bond motifs is 3. The zero-order valence-electron chi connectivity index (χ0n) is 8.67. The molecule has 0 amide bonds. The number of carbonyl (C=O) groups is 1. The summed E-state index contributed by atoms with van der Waals surface area (Å²) >= 11 is 0. The van der Waals surface area contributed by atoms with E-state index in [0.717, 1.165) is 12.3 Å². The van der Waals surface area contributed by atoms with Crippen LogP contribution in [0.5, 0.6) is 0 Å². The molecule has 0 spiro atoms. The lowest BCUT2D eigenvalue weighted by atomic mass is 9.75. The number of carbonyl (C=O) groups excluding carboxylic acids is 1. The standard InChI is InChI=1S/C13H18O/c14-13-11-7-3-1-5-9(11)10-6-2-4-8-12(10)13/h7,9-10,12H,1-6,8H2/t9-,10-,12+/m1/s1. The van der Waals surface area contributed by atoms with Gasteiger partial charge < -0.3 is 0 Å². The van der Waals surface area contributed by atoms with Crippen molar-refractivity contribution in [3.05, 3.63) is 11.6 Å². The van der Waals surface area contributed by atoms with Gasteiger partial charge in [0.05, 0.1) is 0 Å². The van der Waals surface area contributed by atoms with Crippen molar-refractivity contribution in [3.8, 4) is 0 Å².